The maximum atomic E-state index is 13.9. The van der Waals surface area contributed by atoms with Crippen LogP contribution in [-0.4, -0.2) is 16.8 Å². The second-order valence-corrected chi connectivity index (χ2v) is 4.79. The van der Waals surface area contributed by atoms with Crippen molar-refractivity contribution in [3.05, 3.63) is 29.3 Å². The number of carbonyl (C=O) groups is 2. The number of hydrogen-bond acceptors (Lipinski definition) is 3. The number of rotatable bonds is 2. The molecule has 0 radical (unpaired) electrons. The van der Waals surface area contributed by atoms with Crippen molar-refractivity contribution in [2.45, 2.75) is 38.5 Å². The van der Waals surface area contributed by atoms with Crippen molar-refractivity contribution in [1.82, 2.24) is 10.3 Å². The summed E-state index contributed by atoms with van der Waals surface area (Å²) >= 11 is 0. The zero-order valence-corrected chi connectivity index (χ0v) is 10.4. The summed E-state index contributed by atoms with van der Waals surface area (Å²) in [5, 5.41) is 2.21. The number of amides is 2. The molecule has 1 unspecified atom stereocenters. The van der Waals surface area contributed by atoms with Crippen molar-refractivity contribution in [2.75, 3.05) is 0 Å². The van der Waals surface area contributed by atoms with Gasteiger partial charge < -0.3 is 0 Å². The smallest absolute Gasteiger partial charge is 0.235 e. The van der Waals surface area contributed by atoms with E-state index in [-0.39, 0.29) is 23.9 Å². The number of pyridine rings is 1. The van der Waals surface area contributed by atoms with E-state index in [0.29, 0.717) is 6.42 Å². The van der Waals surface area contributed by atoms with E-state index in [9.17, 15) is 14.0 Å². The monoisotopic (exact) mass is 250 g/mol. The fourth-order valence-electron chi connectivity index (χ4n) is 1.99. The minimum Gasteiger partial charge on any atom is -0.296 e. The summed E-state index contributed by atoms with van der Waals surface area (Å²) < 4.78 is 13.9. The molecule has 0 bridgehead atoms. The van der Waals surface area contributed by atoms with Gasteiger partial charge in [-0.2, -0.15) is 0 Å². The average Bonchev–Trinajstić information content (AvgIpc) is 2.30. The Labute approximate surface area is 105 Å². The predicted molar refractivity (Wildman–Crippen MR) is 63.4 cm³/mol. The summed E-state index contributed by atoms with van der Waals surface area (Å²) in [4.78, 5) is 26.7. The maximum absolute atomic E-state index is 13.9. The first-order valence-corrected chi connectivity index (χ1v) is 5.98. The van der Waals surface area contributed by atoms with Gasteiger partial charge in [0.25, 0.3) is 0 Å². The van der Waals surface area contributed by atoms with Crippen molar-refractivity contribution < 1.29 is 14.0 Å². The number of aromatic nitrogens is 1. The summed E-state index contributed by atoms with van der Waals surface area (Å²) in [6, 6.07) is 1.41. The molecule has 1 fully saturated rings. The van der Waals surface area contributed by atoms with Crippen LogP contribution in [0.15, 0.2) is 12.3 Å². The Balaban J connectivity index is 2.28. The highest BCUT2D eigenvalue weighted by Crippen LogP contribution is 2.26. The Morgan fingerprint density at radius 1 is 1.44 bits per heavy atom. The molecule has 96 valence electrons. The Hall–Kier alpha value is -1.78. The molecule has 1 aliphatic rings. The molecule has 1 aromatic rings. The number of imide groups is 1. The van der Waals surface area contributed by atoms with Crippen LogP contribution >= 0.6 is 0 Å². The Morgan fingerprint density at radius 3 is 2.72 bits per heavy atom. The first kappa shape index (κ1) is 12.7. The summed E-state index contributed by atoms with van der Waals surface area (Å²) in [6.07, 6.45) is 2.13. The van der Waals surface area contributed by atoms with Gasteiger partial charge in [0.2, 0.25) is 11.8 Å². The van der Waals surface area contributed by atoms with Crippen LogP contribution in [0, 0.1) is 5.82 Å². The molecule has 1 atom stereocenters. The number of nitrogens with zero attached hydrogens (tertiary/aromatic N) is 1. The standard InChI is InChI=1S/C13H15FN2O2/c1-7(2)8-5-10(14)12(15-6-8)9-3-4-11(17)16-13(9)18/h5-7,9H,3-4H2,1-2H3,(H,16,17,18). The maximum Gasteiger partial charge on any atom is 0.235 e. The highest BCUT2D eigenvalue weighted by atomic mass is 19.1. The topological polar surface area (TPSA) is 59.1 Å². The fourth-order valence-corrected chi connectivity index (χ4v) is 1.99. The van der Waals surface area contributed by atoms with E-state index in [1.54, 1.807) is 6.20 Å². The second-order valence-electron chi connectivity index (χ2n) is 4.79. The molecule has 5 heteroatoms. The minimum atomic E-state index is -0.663. The van der Waals surface area contributed by atoms with E-state index in [1.807, 2.05) is 13.8 Å². The first-order valence-electron chi connectivity index (χ1n) is 5.98. The van der Waals surface area contributed by atoms with Crippen LogP contribution in [-0.2, 0) is 9.59 Å². The third-order valence-electron chi connectivity index (χ3n) is 3.13. The van der Waals surface area contributed by atoms with E-state index in [1.165, 1.54) is 6.07 Å². The quantitative estimate of drug-likeness (QED) is 0.815. The van der Waals surface area contributed by atoms with E-state index in [2.05, 4.69) is 10.3 Å². The molecule has 0 aromatic carbocycles. The molecular formula is C13H15FN2O2. The van der Waals surface area contributed by atoms with E-state index >= 15 is 0 Å². The summed E-state index contributed by atoms with van der Waals surface area (Å²) in [5.41, 5.74) is 0.924. The molecular weight excluding hydrogens is 235 g/mol. The summed E-state index contributed by atoms with van der Waals surface area (Å²) in [7, 11) is 0. The summed E-state index contributed by atoms with van der Waals surface area (Å²) in [6.45, 7) is 3.89. The molecule has 2 heterocycles. The zero-order valence-electron chi connectivity index (χ0n) is 10.4. The Morgan fingerprint density at radius 2 is 2.17 bits per heavy atom. The van der Waals surface area contributed by atoms with Gasteiger partial charge in [0.15, 0.2) is 0 Å². The van der Waals surface area contributed by atoms with Gasteiger partial charge in [-0.1, -0.05) is 13.8 Å². The molecule has 2 amide bonds. The number of piperidine rings is 1. The van der Waals surface area contributed by atoms with Crippen LogP contribution in [0.2, 0.25) is 0 Å². The van der Waals surface area contributed by atoms with Crippen LogP contribution in [0.3, 0.4) is 0 Å². The number of carbonyl (C=O) groups excluding carboxylic acids is 2. The van der Waals surface area contributed by atoms with Crippen molar-refractivity contribution in [2.24, 2.45) is 0 Å². The van der Waals surface area contributed by atoms with Crippen LogP contribution < -0.4 is 5.32 Å². The Kier molecular flexibility index (Phi) is 3.41. The average molecular weight is 250 g/mol. The lowest BCUT2D eigenvalue weighted by Gasteiger charge is -2.21. The molecule has 2 rings (SSSR count). The van der Waals surface area contributed by atoms with Crippen LogP contribution in [0.1, 0.15) is 49.8 Å². The van der Waals surface area contributed by atoms with Gasteiger partial charge in [-0.3, -0.25) is 19.9 Å². The third-order valence-corrected chi connectivity index (χ3v) is 3.13. The largest absolute Gasteiger partial charge is 0.296 e. The normalized spacial score (nSPS) is 20.1. The lowest BCUT2D eigenvalue weighted by atomic mass is 9.93. The summed E-state index contributed by atoms with van der Waals surface area (Å²) in [5.74, 6) is -1.73. The molecule has 0 saturated carbocycles. The lowest BCUT2D eigenvalue weighted by Crippen LogP contribution is -2.40. The van der Waals surface area contributed by atoms with Gasteiger partial charge in [0.05, 0.1) is 11.6 Å². The molecule has 1 saturated heterocycles. The van der Waals surface area contributed by atoms with Crippen LogP contribution in [0.25, 0.3) is 0 Å². The minimum absolute atomic E-state index is 0.129. The van der Waals surface area contributed by atoms with Crippen molar-refractivity contribution in [3.8, 4) is 0 Å². The van der Waals surface area contributed by atoms with Gasteiger partial charge in [0, 0.05) is 12.6 Å². The third kappa shape index (κ3) is 2.39. The first-order chi connectivity index (χ1) is 8.49. The Bertz CT molecular complexity index is 500. The van der Waals surface area contributed by atoms with E-state index < -0.39 is 17.6 Å². The van der Waals surface area contributed by atoms with Crippen LogP contribution in [0.4, 0.5) is 4.39 Å². The van der Waals surface area contributed by atoms with Gasteiger partial charge in [-0.05, 0) is 24.0 Å². The zero-order chi connectivity index (χ0) is 13.3. The predicted octanol–water partition coefficient (Wildman–Crippen LogP) is 1.86. The van der Waals surface area contributed by atoms with Gasteiger partial charge >= 0.3 is 0 Å². The highest BCUT2D eigenvalue weighted by Gasteiger charge is 2.31. The lowest BCUT2D eigenvalue weighted by molar-refractivity contribution is -0.134. The molecule has 1 aromatic heterocycles. The van der Waals surface area contributed by atoms with Crippen molar-refractivity contribution in [1.29, 1.82) is 0 Å². The fraction of sp³-hybridized carbons (Fsp3) is 0.462. The van der Waals surface area contributed by atoms with E-state index in [4.69, 9.17) is 0 Å². The molecule has 18 heavy (non-hydrogen) atoms. The number of halogens is 1. The molecule has 0 spiro atoms. The molecule has 1 N–H and O–H groups in total. The number of nitrogens with one attached hydrogen (secondary N) is 1. The van der Waals surface area contributed by atoms with Crippen LogP contribution in [0.5, 0.6) is 0 Å². The van der Waals surface area contributed by atoms with Gasteiger partial charge in [-0.25, -0.2) is 4.39 Å². The molecule has 1 aliphatic heterocycles. The van der Waals surface area contributed by atoms with Gasteiger partial charge in [-0.15, -0.1) is 0 Å². The highest BCUT2D eigenvalue weighted by molar-refractivity contribution is 6.00. The van der Waals surface area contributed by atoms with Gasteiger partial charge in [0.1, 0.15) is 5.82 Å². The molecule has 0 aliphatic carbocycles. The van der Waals surface area contributed by atoms with Crippen molar-refractivity contribution in [3.63, 3.8) is 0 Å². The number of hydrogen-bond donors (Lipinski definition) is 1. The SMILES string of the molecule is CC(C)c1cnc(C2CCC(=O)NC2=O)c(F)c1. The molecule has 4 nitrogen and oxygen atoms in total. The van der Waals surface area contributed by atoms with Crippen molar-refractivity contribution >= 4 is 11.8 Å². The second kappa shape index (κ2) is 4.84. The van der Waals surface area contributed by atoms with E-state index in [0.717, 1.165) is 5.56 Å².